The third-order valence-corrected chi connectivity index (χ3v) is 3.95. The summed E-state index contributed by atoms with van der Waals surface area (Å²) < 4.78 is 26.5. The maximum atomic E-state index is 11.3. The molecule has 16 heavy (non-hydrogen) atoms. The summed E-state index contributed by atoms with van der Waals surface area (Å²) in [6, 6.07) is 1.15. The van der Waals surface area contributed by atoms with Crippen LogP contribution >= 0.6 is 22.9 Å². The van der Waals surface area contributed by atoms with Crippen molar-refractivity contribution in [1.29, 1.82) is 0 Å². The lowest BCUT2D eigenvalue weighted by molar-refractivity contribution is 0.0546. The van der Waals surface area contributed by atoms with E-state index >= 15 is 0 Å². The molecule has 0 fully saturated rings. The summed E-state index contributed by atoms with van der Waals surface area (Å²) in [6.45, 7) is 3.22. The number of carbonyl (C=O) groups is 1. The molecule has 0 aromatic carbocycles. The van der Waals surface area contributed by atoms with Crippen molar-refractivity contribution < 1.29 is 17.9 Å². The Morgan fingerprint density at radius 3 is 2.69 bits per heavy atom. The zero-order valence-corrected chi connectivity index (χ0v) is 10.4. The zero-order valence-electron chi connectivity index (χ0n) is 7.97. The highest BCUT2D eigenvalue weighted by molar-refractivity contribution is 7.91. The minimum Gasteiger partial charge on any atom is -0.456 e. The highest BCUT2D eigenvalue weighted by Crippen LogP contribution is 2.19. The van der Waals surface area contributed by atoms with E-state index in [-0.39, 0.29) is 21.4 Å². The van der Waals surface area contributed by atoms with Crippen LogP contribution in [0.5, 0.6) is 0 Å². The molecular formula is C8H8ClNO4S2. The molecule has 1 aromatic heterocycles. The van der Waals surface area contributed by atoms with Crippen LogP contribution in [0.15, 0.2) is 27.3 Å². The molecule has 0 aliphatic rings. The third kappa shape index (κ3) is 3.60. The van der Waals surface area contributed by atoms with Crippen molar-refractivity contribution in [3.8, 4) is 0 Å². The Kier molecular flexibility index (Phi) is 4.09. The monoisotopic (exact) mass is 281 g/mol. The predicted molar refractivity (Wildman–Crippen MR) is 61.0 cm³/mol. The fourth-order valence-electron chi connectivity index (χ4n) is 0.800. The molecule has 0 aliphatic heterocycles. The van der Waals surface area contributed by atoms with Crippen molar-refractivity contribution in [2.45, 2.75) is 4.21 Å². The van der Waals surface area contributed by atoms with Gasteiger partial charge in [-0.25, -0.2) is 18.4 Å². The average Bonchev–Trinajstić information content (AvgIpc) is 2.61. The Balaban J connectivity index is 2.79. The number of nitrogens with two attached hydrogens (primary N) is 1. The molecular weight excluding hydrogens is 274 g/mol. The summed E-state index contributed by atoms with van der Waals surface area (Å²) in [5.41, 5.74) is 0.118. The summed E-state index contributed by atoms with van der Waals surface area (Å²) in [5.74, 6) is -0.673. The highest BCUT2D eigenvalue weighted by Gasteiger charge is 2.16. The molecule has 5 nitrogen and oxygen atoms in total. The highest BCUT2D eigenvalue weighted by atomic mass is 35.5. The van der Waals surface area contributed by atoms with Crippen molar-refractivity contribution in [2.24, 2.45) is 5.14 Å². The second-order valence-electron chi connectivity index (χ2n) is 2.79. The van der Waals surface area contributed by atoms with Crippen molar-refractivity contribution in [3.63, 3.8) is 0 Å². The van der Waals surface area contributed by atoms with Gasteiger partial charge in [0, 0.05) is 10.4 Å². The van der Waals surface area contributed by atoms with Crippen LogP contribution in [0.25, 0.3) is 0 Å². The van der Waals surface area contributed by atoms with Gasteiger partial charge in [0.05, 0.1) is 5.56 Å². The number of sulfonamides is 1. The first-order valence-corrected chi connectivity index (χ1v) is 6.73. The Labute approximate surface area is 102 Å². The molecule has 0 spiro atoms. The van der Waals surface area contributed by atoms with Gasteiger partial charge in [0.25, 0.3) is 0 Å². The van der Waals surface area contributed by atoms with E-state index < -0.39 is 16.0 Å². The number of primary sulfonamides is 1. The van der Waals surface area contributed by atoms with Crippen LogP contribution in [0, 0.1) is 0 Å². The summed E-state index contributed by atoms with van der Waals surface area (Å²) in [7, 11) is -3.78. The molecule has 1 aromatic rings. The number of hydrogen-bond donors (Lipinski definition) is 1. The van der Waals surface area contributed by atoms with E-state index in [1.54, 1.807) is 0 Å². The van der Waals surface area contributed by atoms with Gasteiger partial charge in [0.2, 0.25) is 10.0 Å². The minimum absolute atomic E-state index is 0.0934. The molecule has 2 N–H and O–H groups in total. The van der Waals surface area contributed by atoms with Gasteiger partial charge in [-0.15, -0.1) is 11.3 Å². The first kappa shape index (κ1) is 13.2. The van der Waals surface area contributed by atoms with Gasteiger partial charge in [0.15, 0.2) is 0 Å². The van der Waals surface area contributed by atoms with E-state index in [9.17, 15) is 13.2 Å². The van der Waals surface area contributed by atoms with E-state index in [0.717, 1.165) is 17.4 Å². The molecule has 0 unspecified atom stereocenters. The molecule has 0 aliphatic carbocycles. The number of thiophene rings is 1. The van der Waals surface area contributed by atoms with Gasteiger partial charge in [0.1, 0.15) is 10.8 Å². The summed E-state index contributed by atoms with van der Waals surface area (Å²) >= 11 is 6.25. The molecule has 0 atom stereocenters. The molecule has 88 valence electrons. The molecule has 0 saturated carbocycles. The van der Waals surface area contributed by atoms with Crippen LogP contribution in [0.1, 0.15) is 10.4 Å². The fourth-order valence-corrected chi connectivity index (χ4v) is 2.43. The first-order valence-electron chi connectivity index (χ1n) is 3.92. The molecule has 0 bridgehead atoms. The standard InChI is InChI=1S/C8H8ClNO4S2/c1-5(9)3-14-8(11)6-2-7(15-4-6)16(10,12)13/h2,4H,1,3H2,(H2,10,12,13). The maximum absolute atomic E-state index is 11.3. The van der Waals surface area contributed by atoms with Gasteiger partial charge in [-0.3, -0.25) is 0 Å². The molecule has 0 radical (unpaired) electrons. The second kappa shape index (κ2) is 4.96. The lowest BCUT2D eigenvalue weighted by Gasteiger charge is -2.00. The van der Waals surface area contributed by atoms with Crippen LogP contribution in [0.3, 0.4) is 0 Å². The largest absolute Gasteiger partial charge is 0.456 e. The third-order valence-electron chi connectivity index (χ3n) is 1.45. The minimum atomic E-state index is -3.78. The zero-order chi connectivity index (χ0) is 12.3. The average molecular weight is 282 g/mol. The van der Waals surface area contributed by atoms with E-state index in [1.807, 2.05) is 0 Å². The first-order chi connectivity index (χ1) is 7.30. The van der Waals surface area contributed by atoms with Gasteiger partial charge >= 0.3 is 5.97 Å². The van der Waals surface area contributed by atoms with E-state index in [4.69, 9.17) is 21.5 Å². The second-order valence-corrected chi connectivity index (χ2v) is 6.03. The van der Waals surface area contributed by atoms with Crippen LogP contribution in [-0.2, 0) is 14.8 Å². The van der Waals surface area contributed by atoms with Gasteiger partial charge in [-0.05, 0) is 6.07 Å². The summed E-state index contributed by atoms with van der Waals surface area (Å²) in [5, 5.41) is 6.41. The van der Waals surface area contributed by atoms with Gasteiger partial charge in [-0.1, -0.05) is 18.2 Å². The van der Waals surface area contributed by atoms with Crippen LogP contribution in [-0.4, -0.2) is 21.0 Å². The summed E-state index contributed by atoms with van der Waals surface area (Å²) in [4.78, 5) is 11.3. The number of hydrogen-bond acceptors (Lipinski definition) is 5. The Morgan fingerprint density at radius 2 is 2.25 bits per heavy atom. The normalized spacial score (nSPS) is 11.1. The van der Waals surface area contributed by atoms with Crippen LogP contribution in [0.4, 0.5) is 0 Å². The SMILES string of the molecule is C=C(Cl)COC(=O)c1csc(S(N)(=O)=O)c1. The van der Waals surface area contributed by atoms with Crippen molar-refractivity contribution in [2.75, 3.05) is 6.61 Å². The smallest absolute Gasteiger partial charge is 0.339 e. The number of rotatable bonds is 4. The van der Waals surface area contributed by atoms with Crippen molar-refractivity contribution in [3.05, 3.63) is 28.6 Å². The number of carbonyl (C=O) groups excluding carboxylic acids is 1. The molecule has 1 rings (SSSR count). The number of esters is 1. The molecule has 0 amide bonds. The molecule has 0 saturated heterocycles. The van der Waals surface area contributed by atoms with Crippen molar-refractivity contribution in [1.82, 2.24) is 0 Å². The molecule has 1 heterocycles. The number of ether oxygens (including phenoxy) is 1. The fraction of sp³-hybridized carbons (Fsp3) is 0.125. The Bertz CT molecular complexity index is 520. The Hall–Kier alpha value is -0.890. The maximum Gasteiger partial charge on any atom is 0.339 e. The number of halogens is 1. The quantitative estimate of drug-likeness (QED) is 0.843. The lowest BCUT2D eigenvalue weighted by Crippen LogP contribution is -2.10. The van der Waals surface area contributed by atoms with E-state index in [0.29, 0.717) is 0 Å². The Morgan fingerprint density at radius 1 is 1.62 bits per heavy atom. The molecule has 8 heteroatoms. The van der Waals surface area contributed by atoms with E-state index in [1.165, 1.54) is 5.38 Å². The topological polar surface area (TPSA) is 86.5 Å². The van der Waals surface area contributed by atoms with E-state index in [2.05, 4.69) is 6.58 Å². The van der Waals surface area contributed by atoms with Crippen LogP contribution in [0.2, 0.25) is 0 Å². The van der Waals surface area contributed by atoms with Crippen molar-refractivity contribution >= 4 is 38.9 Å². The van der Waals surface area contributed by atoms with Gasteiger partial charge in [-0.2, -0.15) is 0 Å². The predicted octanol–water partition coefficient (Wildman–Crippen LogP) is 1.30. The van der Waals surface area contributed by atoms with Crippen LogP contribution < -0.4 is 5.14 Å². The van der Waals surface area contributed by atoms with Gasteiger partial charge < -0.3 is 4.74 Å². The summed E-state index contributed by atoms with van der Waals surface area (Å²) in [6.07, 6.45) is 0. The lowest BCUT2D eigenvalue weighted by atomic mass is 10.3.